The van der Waals surface area contributed by atoms with Crippen LogP contribution in [0.15, 0.2) is 114 Å². The molecule has 0 saturated heterocycles. The van der Waals surface area contributed by atoms with E-state index >= 15 is 0 Å². The lowest BCUT2D eigenvalue weighted by Crippen LogP contribution is -2.54. The first-order valence-electron chi connectivity index (χ1n) is 21.9. The largest absolute Gasteiger partial charge is 0.455 e. The van der Waals surface area contributed by atoms with Gasteiger partial charge >= 0.3 is 5.82 Å². The highest BCUT2D eigenvalue weighted by atomic mass is 28.3. The lowest BCUT2D eigenvalue weighted by Gasteiger charge is -2.33. The van der Waals surface area contributed by atoms with E-state index < -0.39 is 8.07 Å². The van der Waals surface area contributed by atoms with Gasteiger partial charge in [0.1, 0.15) is 22.5 Å². The third kappa shape index (κ3) is 6.37. The molecule has 9 rings (SSSR count). The average molecular weight is 797 g/mol. The van der Waals surface area contributed by atoms with E-state index in [-0.39, 0.29) is 17.9 Å². The molecule has 300 valence electrons. The summed E-state index contributed by atoms with van der Waals surface area (Å²) in [5.74, 6) is 2.19. The molecule has 0 spiro atoms. The molecule has 3 aromatic carbocycles. The molecule has 0 bridgehead atoms. The number of hydrogen-bond acceptors (Lipinski definition) is 2. The highest BCUT2D eigenvalue weighted by Crippen LogP contribution is 2.47. The zero-order valence-electron chi connectivity index (χ0n) is 36.6. The van der Waals surface area contributed by atoms with Crippen LogP contribution in [0, 0.1) is 18.8 Å². The van der Waals surface area contributed by atoms with Crippen LogP contribution in [-0.2, 0) is 12.8 Å². The van der Waals surface area contributed by atoms with Gasteiger partial charge in [0, 0.05) is 45.6 Å². The summed E-state index contributed by atoms with van der Waals surface area (Å²) in [5.41, 5.74) is 16.4. The molecule has 59 heavy (non-hydrogen) atoms. The number of furan rings is 1. The molecular formula is C53H60N4OSi+2. The molecule has 0 amide bonds. The van der Waals surface area contributed by atoms with Gasteiger partial charge in [0.15, 0.2) is 23.3 Å². The van der Waals surface area contributed by atoms with Crippen molar-refractivity contribution in [2.75, 3.05) is 0 Å². The lowest BCUT2D eigenvalue weighted by atomic mass is 9.77. The second-order valence-electron chi connectivity index (χ2n) is 18.9. The Bertz CT molecular complexity index is 2880. The Hall–Kier alpha value is -5.33. The first-order chi connectivity index (χ1) is 28.3. The third-order valence-corrected chi connectivity index (χ3v) is 15.2. The van der Waals surface area contributed by atoms with E-state index in [4.69, 9.17) is 16.0 Å². The fraction of sp³-hybridized carbons (Fsp3) is 0.340. The summed E-state index contributed by atoms with van der Waals surface area (Å²) in [7, 11) is -1.72. The van der Waals surface area contributed by atoms with E-state index in [0.717, 1.165) is 88.0 Å². The van der Waals surface area contributed by atoms with Crippen LogP contribution < -0.4 is 14.3 Å². The fourth-order valence-electron chi connectivity index (χ4n) is 10.5. The molecule has 0 aliphatic carbocycles. The van der Waals surface area contributed by atoms with Crippen molar-refractivity contribution in [1.82, 2.24) is 9.55 Å². The van der Waals surface area contributed by atoms with Gasteiger partial charge in [0.05, 0.1) is 14.5 Å². The number of pyridine rings is 2. The van der Waals surface area contributed by atoms with Crippen molar-refractivity contribution >= 4 is 57.8 Å². The molecule has 0 N–H and O–H groups in total. The summed E-state index contributed by atoms with van der Waals surface area (Å²) in [6.07, 6.45) is 9.22. The number of aryl methyl sites for hydroxylation is 2. The molecule has 0 radical (unpaired) electrons. The van der Waals surface area contributed by atoms with Gasteiger partial charge < -0.3 is 4.42 Å². The summed E-state index contributed by atoms with van der Waals surface area (Å²) in [6.45, 7) is 30.6. The van der Waals surface area contributed by atoms with Gasteiger partial charge in [-0.1, -0.05) is 122 Å². The number of benzene rings is 3. The summed E-state index contributed by atoms with van der Waals surface area (Å²) in [5, 5.41) is 3.83. The van der Waals surface area contributed by atoms with Crippen LogP contribution in [0.3, 0.4) is 0 Å². The SMILES string of the molecule is C=C/C(=C(\CC)n1c2[n+](c3ccc(C)nc31)C(=C)CC1C(CCc3ccc4c(oc5ccccc54)c3-2)c2ccccc2-c2cc(CC(C)C)c([Si](C)(C)C)c[n+]21)C(C)C. The van der Waals surface area contributed by atoms with Gasteiger partial charge in [0.25, 0.3) is 5.65 Å². The maximum Gasteiger partial charge on any atom is 0.305 e. The van der Waals surface area contributed by atoms with E-state index in [9.17, 15) is 0 Å². The van der Waals surface area contributed by atoms with E-state index in [1.54, 1.807) is 5.19 Å². The fourth-order valence-corrected chi connectivity index (χ4v) is 12.2. The number of imidazole rings is 1. The Kier molecular flexibility index (Phi) is 9.78. The first kappa shape index (κ1) is 39.1. The Balaban J connectivity index is 1.40. The highest BCUT2D eigenvalue weighted by Gasteiger charge is 2.45. The number of rotatable bonds is 7. The van der Waals surface area contributed by atoms with Crippen molar-refractivity contribution in [3.8, 4) is 22.6 Å². The van der Waals surface area contributed by atoms with E-state index in [2.05, 4.69) is 173 Å². The first-order valence-corrected chi connectivity index (χ1v) is 25.4. The van der Waals surface area contributed by atoms with Crippen LogP contribution in [0.4, 0.5) is 0 Å². The van der Waals surface area contributed by atoms with Crippen molar-refractivity contribution < 1.29 is 13.6 Å². The lowest BCUT2D eigenvalue weighted by molar-refractivity contribution is -0.719. The summed E-state index contributed by atoms with van der Waals surface area (Å²) < 4.78 is 14.6. The number of aromatic nitrogens is 4. The summed E-state index contributed by atoms with van der Waals surface area (Å²) >= 11 is 0. The van der Waals surface area contributed by atoms with Gasteiger partial charge in [-0.3, -0.25) is 0 Å². The topological polar surface area (TPSA) is 38.7 Å². The number of fused-ring (bicyclic) bond motifs is 15. The Labute approximate surface area is 351 Å². The monoisotopic (exact) mass is 796 g/mol. The molecule has 0 saturated carbocycles. The predicted molar refractivity (Wildman–Crippen MR) is 250 cm³/mol. The highest BCUT2D eigenvalue weighted by molar-refractivity contribution is 6.89. The number of nitrogens with zero attached hydrogens (tertiary/aromatic N) is 4. The molecular weight excluding hydrogens is 737 g/mol. The van der Waals surface area contributed by atoms with Crippen LogP contribution in [0.1, 0.15) is 88.2 Å². The normalized spacial score (nSPS) is 17.2. The quantitative estimate of drug-likeness (QED) is 0.0915. The van der Waals surface area contributed by atoms with E-state index in [1.165, 1.54) is 39.2 Å². The zero-order valence-corrected chi connectivity index (χ0v) is 37.6. The second-order valence-corrected chi connectivity index (χ2v) is 23.9. The minimum Gasteiger partial charge on any atom is -0.455 e. The predicted octanol–water partition coefficient (Wildman–Crippen LogP) is 12.5. The standard InChI is InChI=1S/C53H60N4OSi/c1-12-38(33(5)6)44(13-2)57-52-45(27-22-34(7)54-52)56-35(8)29-46-41(25-23-36-24-26-43-42-20-16-17-21-48(42)58-51(43)50(36)53(56)57)39-18-14-15-19-40(39)47-30-37(28-32(3)4)49(31-55(46)47)59(9,10)11/h12,14-22,24,26-27,30-33,41,46H,1,8,13,23,25,28-29H2,2-7,9-11H3/q+2/b44-38-. The van der Waals surface area contributed by atoms with Crippen LogP contribution >= 0.6 is 0 Å². The van der Waals surface area contributed by atoms with Crippen LogP contribution in [0.25, 0.3) is 67.1 Å². The second kappa shape index (κ2) is 14.7. The molecule has 4 aromatic heterocycles. The van der Waals surface area contributed by atoms with E-state index in [1.807, 2.05) is 0 Å². The van der Waals surface area contributed by atoms with Crippen LogP contribution in [0.2, 0.25) is 19.6 Å². The number of para-hydroxylation sites is 1. The maximum absolute atomic E-state index is 7.01. The van der Waals surface area contributed by atoms with Crippen LogP contribution in [-0.4, -0.2) is 17.6 Å². The van der Waals surface area contributed by atoms with Crippen molar-refractivity contribution in [2.24, 2.45) is 11.8 Å². The molecule has 6 heterocycles. The number of hydrogen-bond donors (Lipinski definition) is 0. The van der Waals surface area contributed by atoms with Gasteiger partial charge in [-0.05, 0) is 84.6 Å². The molecule has 2 atom stereocenters. The van der Waals surface area contributed by atoms with Crippen molar-refractivity contribution in [3.63, 3.8) is 0 Å². The zero-order chi connectivity index (χ0) is 41.5. The molecule has 7 aromatic rings. The Morgan fingerprint density at radius 1 is 0.983 bits per heavy atom. The van der Waals surface area contributed by atoms with Gasteiger partial charge in [-0.25, -0.2) is 4.98 Å². The minimum atomic E-state index is -1.72. The van der Waals surface area contributed by atoms with Gasteiger partial charge in [-0.15, -0.1) is 0 Å². The molecule has 2 unspecified atom stereocenters. The molecule has 2 aliphatic rings. The van der Waals surface area contributed by atoms with Crippen molar-refractivity contribution in [3.05, 3.63) is 132 Å². The molecule has 0 fully saturated rings. The third-order valence-electron chi connectivity index (χ3n) is 13.1. The Morgan fingerprint density at radius 3 is 2.47 bits per heavy atom. The minimum absolute atomic E-state index is 0.171. The van der Waals surface area contributed by atoms with Gasteiger partial charge in [0.2, 0.25) is 5.69 Å². The van der Waals surface area contributed by atoms with Crippen molar-refractivity contribution in [1.29, 1.82) is 0 Å². The van der Waals surface area contributed by atoms with E-state index in [0.29, 0.717) is 5.92 Å². The summed E-state index contributed by atoms with van der Waals surface area (Å²) in [6, 6.07) is 29.5. The molecule has 5 nitrogen and oxygen atoms in total. The number of allylic oxidation sites excluding steroid dienone is 4. The summed E-state index contributed by atoms with van der Waals surface area (Å²) in [4.78, 5) is 5.38. The molecule has 6 heteroatoms. The maximum atomic E-state index is 7.01. The van der Waals surface area contributed by atoms with Crippen LogP contribution in [0.5, 0.6) is 0 Å². The van der Waals surface area contributed by atoms with Gasteiger partial charge in [-0.2, -0.15) is 13.7 Å². The average Bonchev–Trinajstić information content (AvgIpc) is 3.74. The van der Waals surface area contributed by atoms with Crippen molar-refractivity contribution in [2.45, 2.75) is 105 Å². The Morgan fingerprint density at radius 2 is 1.75 bits per heavy atom. The molecule has 2 aliphatic heterocycles. The smallest absolute Gasteiger partial charge is 0.305 e.